The van der Waals surface area contributed by atoms with E-state index in [9.17, 15) is 0 Å². The summed E-state index contributed by atoms with van der Waals surface area (Å²) >= 11 is 0. The van der Waals surface area contributed by atoms with Crippen LogP contribution in [0, 0.1) is 0 Å². The van der Waals surface area contributed by atoms with Gasteiger partial charge in [0, 0.05) is 28.2 Å². The van der Waals surface area contributed by atoms with Crippen molar-refractivity contribution in [2.45, 2.75) is 26.3 Å². The Kier molecular flexibility index (Phi) is 4.71. The maximum atomic E-state index is 4.56. The molecule has 0 amide bonds. The number of guanidine groups is 1. The van der Waals surface area contributed by atoms with Gasteiger partial charge in [-0.1, -0.05) is 6.92 Å². The van der Waals surface area contributed by atoms with E-state index in [1.54, 1.807) is 0 Å². The third-order valence-electron chi connectivity index (χ3n) is 1.73. The van der Waals surface area contributed by atoms with Crippen molar-refractivity contribution in [3.05, 3.63) is 0 Å². The molecule has 0 aromatic heterocycles. The van der Waals surface area contributed by atoms with Crippen molar-refractivity contribution in [2.24, 2.45) is 4.99 Å². The van der Waals surface area contributed by atoms with Gasteiger partial charge in [0.25, 0.3) is 0 Å². The monoisotopic (exact) mass is 171 g/mol. The molecule has 0 saturated heterocycles. The van der Waals surface area contributed by atoms with Crippen molar-refractivity contribution >= 4 is 5.96 Å². The molecule has 12 heavy (non-hydrogen) atoms. The van der Waals surface area contributed by atoms with Crippen molar-refractivity contribution in [3.8, 4) is 0 Å². The van der Waals surface area contributed by atoms with Crippen molar-refractivity contribution < 1.29 is 0 Å². The van der Waals surface area contributed by atoms with Crippen LogP contribution in [0.15, 0.2) is 4.99 Å². The first-order chi connectivity index (χ1) is 5.49. The van der Waals surface area contributed by atoms with Gasteiger partial charge < -0.3 is 9.80 Å². The van der Waals surface area contributed by atoms with E-state index in [0.717, 1.165) is 12.4 Å². The number of hydrogen-bond acceptors (Lipinski definition) is 1. The summed E-state index contributed by atoms with van der Waals surface area (Å²) in [7, 11) is 8.06. The number of hydrogen-bond donors (Lipinski definition) is 0. The summed E-state index contributed by atoms with van der Waals surface area (Å²) in [5, 5.41) is 0. The van der Waals surface area contributed by atoms with Gasteiger partial charge in [-0.15, -0.1) is 0 Å². The third kappa shape index (κ3) is 3.60. The predicted octanol–water partition coefficient (Wildman–Crippen LogP) is 1.26. The van der Waals surface area contributed by atoms with Crippen molar-refractivity contribution in [1.29, 1.82) is 0 Å². The van der Waals surface area contributed by atoms with Crippen LogP contribution in [0.2, 0.25) is 0 Å². The van der Waals surface area contributed by atoms with Gasteiger partial charge in [-0.05, 0) is 13.3 Å². The highest BCUT2D eigenvalue weighted by Crippen LogP contribution is 1.98. The quantitative estimate of drug-likeness (QED) is 0.460. The summed E-state index contributed by atoms with van der Waals surface area (Å²) < 4.78 is 0. The zero-order valence-electron chi connectivity index (χ0n) is 9.13. The van der Waals surface area contributed by atoms with Crippen molar-refractivity contribution in [3.63, 3.8) is 0 Å². The van der Waals surface area contributed by atoms with Gasteiger partial charge in [-0.3, -0.25) is 0 Å². The second-order valence-corrected chi connectivity index (χ2v) is 3.48. The van der Waals surface area contributed by atoms with E-state index >= 15 is 0 Å². The van der Waals surface area contributed by atoms with Crippen LogP contribution < -0.4 is 0 Å². The van der Waals surface area contributed by atoms with Gasteiger partial charge in [0.1, 0.15) is 0 Å². The Morgan fingerprint density at radius 1 is 1.17 bits per heavy atom. The fraction of sp³-hybridized carbons (Fsp3) is 0.889. The predicted molar refractivity (Wildman–Crippen MR) is 54.6 cm³/mol. The average molecular weight is 171 g/mol. The molecule has 0 N–H and O–H groups in total. The highest BCUT2D eigenvalue weighted by Gasteiger charge is 2.05. The molecular weight excluding hydrogens is 150 g/mol. The molecule has 0 rings (SSSR count). The fourth-order valence-electron chi connectivity index (χ4n) is 0.919. The minimum atomic E-state index is 0.407. The summed E-state index contributed by atoms with van der Waals surface area (Å²) in [5.74, 6) is 1.03. The van der Waals surface area contributed by atoms with Crippen LogP contribution in [0.5, 0.6) is 0 Å². The second-order valence-electron chi connectivity index (χ2n) is 3.48. The first-order valence-corrected chi connectivity index (χ1v) is 4.41. The summed E-state index contributed by atoms with van der Waals surface area (Å²) in [5.41, 5.74) is 0. The Morgan fingerprint density at radius 3 is 1.83 bits per heavy atom. The van der Waals surface area contributed by atoms with Crippen LogP contribution in [0.25, 0.3) is 0 Å². The SMILES string of the molecule is CCC(C)N=C(N(C)C)N(C)C. The van der Waals surface area contributed by atoms with Gasteiger partial charge in [0.15, 0.2) is 5.96 Å². The largest absolute Gasteiger partial charge is 0.349 e. The lowest BCUT2D eigenvalue weighted by Crippen LogP contribution is -2.36. The Labute approximate surface area is 76.1 Å². The van der Waals surface area contributed by atoms with Gasteiger partial charge in [0.2, 0.25) is 0 Å². The fourth-order valence-corrected chi connectivity index (χ4v) is 0.919. The molecule has 0 radical (unpaired) electrons. The third-order valence-corrected chi connectivity index (χ3v) is 1.73. The molecule has 0 spiro atoms. The van der Waals surface area contributed by atoms with Gasteiger partial charge in [-0.2, -0.15) is 0 Å². The molecule has 0 aromatic carbocycles. The molecular formula is C9H21N3. The lowest BCUT2D eigenvalue weighted by atomic mass is 10.3. The van der Waals surface area contributed by atoms with Gasteiger partial charge >= 0.3 is 0 Å². The zero-order valence-corrected chi connectivity index (χ0v) is 9.13. The van der Waals surface area contributed by atoms with Crippen LogP contribution in [0.4, 0.5) is 0 Å². The van der Waals surface area contributed by atoms with Crippen LogP contribution in [-0.2, 0) is 0 Å². The first kappa shape index (κ1) is 11.3. The van der Waals surface area contributed by atoms with Crippen molar-refractivity contribution in [1.82, 2.24) is 9.80 Å². The number of rotatable bonds is 2. The summed E-state index contributed by atoms with van der Waals surface area (Å²) in [6.07, 6.45) is 1.09. The maximum absolute atomic E-state index is 4.56. The highest BCUT2D eigenvalue weighted by molar-refractivity contribution is 5.79. The molecule has 0 bridgehead atoms. The number of nitrogens with zero attached hydrogens (tertiary/aromatic N) is 3. The second kappa shape index (κ2) is 5.01. The molecule has 0 aromatic rings. The Bertz CT molecular complexity index is 140. The molecule has 0 aliphatic rings. The molecule has 72 valence electrons. The zero-order chi connectivity index (χ0) is 9.72. The molecule has 1 atom stereocenters. The normalized spacial score (nSPS) is 12.2. The molecule has 3 heteroatoms. The molecule has 0 fully saturated rings. The van der Waals surface area contributed by atoms with Gasteiger partial charge in [-0.25, -0.2) is 4.99 Å². The highest BCUT2D eigenvalue weighted by atomic mass is 15.3. The molecule has 1 unspecified atom stereocenters. The Hall–Kier alpha value is -0.730. The minimum Gasteiger partial charge on any atom is -0.349 e. The van der Waals surface area contributed by atoms with E-state index in [0.29, 0.717) is 6.04 Å². The topological polar surface area (TPSA) is 18.8 Å². The van der Waals surface area contributed by atoms with E-state index in [2.05, 4.69) is 18.8 Å². The van der Waals surface area contributed by atoms with E-state index in [1.807, 2.05) is 38.0 Å². The molecule has 0 saturated carbocycles. The van der Waals surface area contributed by atoms with Crippen LogP contribution in [0.3, 0.4) is 0 Å². The van der Waals surface area contributed by atoms with Crippen molar-refractivity contribution in [2.75, 3.05) is 28.2 Å². The van der Waals surface area contributed by atoms with E-state index in [4.69, 9.17) is 0 Å². The summed E-state index contributed by atoms with van der Waals surface area (Å²) in [6.45, 7) is 4.28. The maximum Gasteiger partial charge on any atom is 0.195 e. The first-order valence-electron chi connectivity index (χ1n) is 4.41. The smallest absolute Gasteiger partial charge is 0.195 e. The van der Waals surface area contributed by atoms with Crippen LogP contribution in [0.1, 0.15) is 20.3 Å². The van der Waals surface area contributed by atoms with Crippen LogP contribution in [-0.4, -0.2) is 50.0 Å². The standard InChI is InChI=1S/C9H21N3/c1-7-8(2)10-9(11(3)4)12(5)6/h8H,7H2,1-6H3. The lowest BCUT2D eigenvalue weighted by molar-refractivity contribution is 0.472. The lowest BCUT2D eigenvalue weighted by Gasteiger charge is -2.23. The van der Waals surface area contributed by atoms with Crippen LogP contribution >= 0.6 is 0 Å². The molecule has 3 nitrogen and oxygen atoms in total. The molecule has 0 aliphatic carbocycles. The summed E-state index contributed by atoms with van der Waals surface area (Å²) in [6, 6.07) is 0.407. The molecule has 0 aliphatic heterocycles. The number of aliphatic imine (C=N–C) groups is 1. The van der Waals surface area contributed by atoms with E-state index in [1.165, 1.54) is 0 Å². The van der Waals surface area contributed by atoms with E-state index in [-0.39, 0.29) is 0 Å². The Balaban J connectivity index is 4.38. The summed E-state index contributed by atoms with van der Waals surface area (Å²) in [4.78, 5) is 8.63. The minimum absolute atomic E-state index is 0.407. The Morgan fingerprint density at radius 2 is 1.58 bits per heavy atom. The molecule has 0 heterocycles. The van der Waals surface area contributed by atoms with E-state index < -0.39 is 0 Å². The van der Waals surface area contributed by atoms with Gasteiger partial charge in [0.05, 0.1) is 6.04 Å². The average Bonchev–Trinajstić information content (AvgIpc) is 1.98.